The number of nitrogens with one attached hydrogen (secondary N) is 1. The van der Waals surface area contributed by atoms with E-state index in [-0.39, 0.29) is 23.9 Å². The summed E-state index contributed by atoms with van der Waals surface area (Å²) in [6.07, 6.45) is -0.275. The first kappa shape index (κ1) is 14.4. The number of rotatable bonds is 2. The van der Waals surface area contributed by atoms with Gasteiger partial charge in [0.2, 0.25) is 5.91 Å². The first-order chi connectivity index (χ1) is 10.2. The summed E-state index contributed by atoms with van der Waals surface area (Å²) in [7, 11) is 0. The average Bonchev–Trinajstić information content (AvgIpc) is 2.55. The van der Waals surface area contributed by atoms with Crippen LogP contribution >= 0.6 is 0 Å². The van der Waals surface area contributed by atoms with E-state index in [1.165, 1.54) is 12.1 Å². The number of nitrogens with zero attached hydrogens (tertiary/aromatic N) is 1. The smallest absolute Gasteiger partial charge is 0.242 e. The van der Waals surface area contributed by atoms with Gasteiger partial charge in [-0.25, -0.2) is 4.39 Å². The highest BCUT2D eigenvalue weighted by Crippen LogP contribution is 2.23. The van der Waals surface area contributed by atoms with Crippen LogP contribution in [0.4, 0.5) is 4.39 Å². The van der Waals surface area contributed by atoms with Crippen molar-refractivity contribution in [1.82, 2.24) is 10.2 Å². The lowest BCUT2D eigenvalue weighted by molar-refractivity contribution is -0.144. The zero-order chi connectivity index (χ0) is 14.7. The molecule has 0 aliphatic carbocycles. The Morgan fingerprint density at radius 2 is 2.29 bits per heavy atom. The second-order valence-electron chi connectivity index (χ2n) is 5.28. The number of halogens is 1. The standard InChI is InChI=1S/C15H19FN2O3/c16-12-3-1-2-11(8-12)14-9-18(5-7-21-14)15(19)13-10-20-6-4-17-13/h1-3,8,13-14,17H,4-7,9-10H2. The molecule has 5 nitrogen and oxygen atoms in total. The van der Waals surface area contributed by atoms with Gasteiger partial charge in [0.05, 0.1) is 26.4 Å². The Hall–Kier alpha value is -1.50. The molecular weight excluding hydrogens is 275 g/mol. The molecule has 6 heteroatoms. The zero-order valence-corrected chi connectivity index (χ0v) is 11.8. The number of carbonyl (C=O) groups excluding carboxylic acids is 1. The van der Waals surface area contributed by atoms with Crippen molar-refractivity contribution in [1.29, 1.82) is 0 Å². The minimum atomic E-state index is -0.290. The molecule has 3 rings (SSSR count). The number of hydrogen-bond acceptors (Lipinski definition) is 4. The number of amides is 1. The summed E-state index contributed by atoms with van der Waals surface area (Å²) >= 11 is 0. The number of benzene rings is 1. The van der Waals surface area contributed by atoms with Gasteiger partial charge in [-0.3, -0.25) is 4.79 Å². The Kier molecular flexibility index (Phi) is 4.48. The Bertz CT molecular complexity index is 505. The average molecular weight is 294 g/mol. The Morgan fingerprint density at radius 1 is 1.38 bits per heavy atom. The number of morpholine rings is 2. The highest BCUT2D eigenvalue weighted by Gasteiger charge is 2.31. The molecule has 2 atom stereocenters. The van der Waals surface area contributed by atoms with Crippen LogP contribution in [-0.2, 0) is 14.3 Å². The van der Waals surface area contributed by atoms with Gasteiger partial charge < -0.3 is 19.7 Å². The number of ether oxygens (including phenoxy) is 2. The predicted octanol–water partition coefficient (Wildman–Crippen LogP) is 0.714. The highest BCUT2D eigenvalue weighted by atomic mass is 19.1. The van der Waals surface area contributed by atoms with Crippen molar-refractivity contribution in [2.24, 2.45) is 0 Å². The first-order valence-electron chi connectivity index (χ1n) is 7.21. The maximum atomic E-state index is 13.3. The van der Waals surface area contributed by atoms with Crippen LogP contribution in [-0.4, -0.2) is 56.3 Å². The number of hydrogen-bond donors (Lipinski definition) is 1. The minimum Gasteiger partial charge on any atom is -0.378 e. The first-order valence-corrected chi connectivity index (χ1v) is 7.21. The van der Waals surface area contributed by atoms with Crippen LogP contribution in [0.25, 0.3) is 0 Å². The molecular formula is C15H19FN2O3. The molecule has 2 unspecified atom stereocenters. The van der Waals surface area contributed by atoms with Gasteiger partial charge in [0.15, 0.2) is 0 Å². The molecule has 2 saturated heterocycles. The normalized spacial score (nSPS) is 26.6. The van der Waals surface area contributed by atoms with Crippen LogP contribution in [0.15, 0.2) is 24.3 Å². The van der Waals surface area contributed by atoms with E-state index in [9.17, 15) is 9.18 Å². The van der Waals surface area contributed by atoms with Gasteiger partial charge in [0.25, 0.3) is 0 Å². The van der Waals surface area contributed by atoms with E-state index in [2.05, 4.69) is 5.32 Å². The van der Waals surface area contributed by atoms with Gasteiger partial charge in [0.1, 0.15) is 18.0 Å². The van der Waals surface area contributed by atoms with Crippen LogP contribution < -0.4 is 5.32 Å². The van der Waals surface area contributed by atoms with E-state index < -0.39 is 0 Å². The molecule has 0 aromatic heterocycles. The molecule has 2 aliphatic heterocycles. The summed E-state index contributed by atoms with van der Waals surface area (Å²) in [6.45, 7) is 3.19. The maximum absolute atomic E-state index is 13.3. The minimum absolute atomic E-state index is 0.0272. The van der Waals surface area contributed by atoms with Crippen molar-refractivity contribution >= 4 is 5.91 Å². The van der Waals surface area contributed by atoms with Gasteiger partial charge in [-0.2, -0.15) is 0 Å². The monoisotopic (exact) mass is 294 g/mol. The van der Waals surface area contributed by atoms with Crippen molar-refractivity contribution in [2.75, 3.05) is 39.5 Å². The molecule has 2 fully saturated rings. The maximum Gasteiger partial charge on any atom is 0.242 e. The highest BCUT2D eigenvalue weighted by molar-refractivity contribution is 5.82. The molecule has 2 aliphatic rings. The van der Waals surface area contributed by atoms with Crippen molar-refractivity contribution in [3.63, 3.8) is 0 Å². The molecule has 0 spiro atoms. The molecule has 2 heterocycles. The fraction of sp³-hybridized carbons (Fsp3) is 0.533. The van der Waals surface area contributed by atoms with Crippen LogP contribution in [0.2, 0.25) is 0 Å². The topological polar surface area (TPSA) is 50.8 Å². The van der Waals surface area contributed by atoms with E-state index in [0.717, 1.165) is 5.56 Å². The summed E-state index contributed by atoms with van der Waals surface area (Å²) in [6, 6.07) is 6.05. The predicted molar refractivity (Wildman–Crippen MR) is 74.3 cm³/mol. The lowest BCUT2D eigenvalue weighted by Crippen LogP contribution is -2.55. The molecule has 1 aromatic carbocycles. The van der Waals surface area contributed by atoms with Crippen LogP contribution in [0.5, 0.6) is 0 Å². The van der Waals surface area contributed by atoms with E-state index in [4.69, 9.17) is 9.47 Å². The molecule has 1 N–H and O–H groups in total. The van der Waals surface area contributed by atoms with Crippen LogP contribution in [0.1, 0.15) is 11.7 Å². The van der Waals surface area contributed by atoms with Crippen molar-refractivity contribution < 1.29 is 18.7 Å². The Balaban J connectivity index is 1.66. The van der Waals surface area contributed by atoms with Gasteiger partial charge in [-0.1, -0.05) is 12.1 Å². The van der Waals surface area contributed by atoms with Gasteiger partial charge in [-0.05, 0) is 17.7 Å². The third-order valence-corrected chi connectivity index (χ3v) is 3.82. The third kappa shape index (κ3) is 3.40. The third-order valence-electron chi connectivity index (χ3n) is 3.82. The zero-order valence-electron chi connectivity index (χ0n) is 11.8. The summed E-state index contributed by atoms with van der Waals surface area (Å²) in [5.74, 6) is -0.263. The molecule has 0 saturated carbocycles. The van der Waals surface area contributed by atoms with E-state index in [1.54, 1.807) is 11.0 Å². The fourth-order valence-electron chi connectivity index (χ4n) is 2.70. The largest absolute Gasteiger partial charge is 0.378 e. The van der Waals surface area contributed by atoms with Crippen LogP contribution in [0.3, 0.4) is 0 Å². The lowest BCUT2D eigenvalue weighted by Gasteiger charge is -2.36. The van der Waals surface area contributed by atoms with Gasteiger partial charge in [0, 0.05) is 13.1 Å². The summed E-state index contributed by atoms with van der Waals surface area (Å²) < 4.78 is 24.3. The van der Waals surface area contributed by atoms with Crippen molar-refractivity contribution in [3.05, 3.63) is 35.6 Å². The Morgan fingerprint density at radius 3 is 3.05 bits per heavy atom. The summed E-state index contributed by atoms with van der Waals surface area (Å²) in [5, 5.41) is 3.16. The molecule has 21 heavy (non-hydrogen) atoms. The second-order valence-corrected chi connectivity index (χ2v) is 5.28. The van der Waals surface area contributed by atoms with Crippen molar-refractivity contribution in [3.8, 4) is 0 Å². The molecule has 114 valence electrons. The Labute approximate surface area is 123 Å². The molecule has 0 radical (unpaired) electrons. The van der Waals surface area contributed by atoms with E-state index in [1.807, 2.05) is 6.07 Å². The lowest BCUT2D eigenvalue weighted by atomic mass is 10.1. The molecule has 0 bridgehead atoms. The van der Waals surface area contributed by atoms with Crippen molar-refractivity contribution in [2.45, 2.75) is 12.1 Å². The summed E-state index contributed by atoms with van der Waals surface area (Å²) in [5.41, 5.74) is 0.764. The van der Waals surface area contributed by atoms with E-state index in [0.29, 0.717) is 39.5 Å². The second kappa shape index (κ2) is 6.51. The fourth-order valence-corrected chi connectivity index (χ4v) is 2.70. The van der Waals surface area contributed by atoms with E-state index >= 15 is 0 Å². The molecule has 1 aromatic rings. The summed E-state index contributed by atoms with van der Waals surface area (Å²) in [4.78, 5) is 14.2. The molecule has 1 amide bonds. The SMILES string of the molecule is O=C(C1COCCN1)N1CCOC(c2cccc(F)c2)C1. The van der Waals surface area contributed by atoms with Gasteiger partial charge in [-0.15, -0.1) is 0 Å². The van der Waals surface area contributed by atoms with Crippen LogP contribution in [0, 0.1) is 5.82 Å². The quantitative estimate of drug-likeness (QED) is 0.873. The van der Waals surface area contributed by atoms with Gasteiger partial charge >= 0.3 is 0 Å². The number of carbonyl (C=O) groups is 1.